The molecule has 61 heavy (non-hydrogen) atoms. The molecule has 0 N–H and O–H groups in total. The summed E-state index contributed by atoms with van der Waals surface area (Å²) in [6.45, 7) is 16.3. The van der Waals surface area contributed by atoms with Gasteiger partial charge in [0.1, 0.15) is 19.8 Å². The summed E-state index contributed by atoms with van der Waals surface area (Å²) in [6.07, 6.45) is 34.7. The van der Waals surface area contributed by atoms with Crippen LogP contribution in [0, 0.1) is 23.2 Å². The zero-order valence-electron chi connectivity index (χ0n) is 40.7. The second-order valence-corrected chi connectivity index (χ2v) is 18.4. The average Bonchev–Trinajstić information content (AvgIpc) is 3.25. The number of carbonyl (C=O) groups is 3. The summed E-state index contributed by atoms with van der Waals surface area (Å²) >= 11 is 0. The van der Waals surface area contributed by atoms with Crippen LogP contribution in [0.3, 0.4) is 0 Å². The first-order valence-corrected chi connectivity index (χ1v) is 25.3. The lowest BCUT2D eigenvalue weighted by Gasteiger charge is -2.36. The van der Waals surface area contributed by atoms with E-state index in [-0.39, 0.29) is 50.4 Å². The Morgan fingerprint density at radius 3 is 1.49 bits per heavy atom. The van der Waals surface area contributed by atoms with Gasteiger partial charge in [-0.05, 0) is 135 Å². The summed E-state index contributed by atoms with van der Waals surface area (Å²) in [7, 11) is 2.06. The minimum atomic E-state index is -0.545. The molecule has 1 unspecified atom stereocenters. The fraction of sp³-hybridized carbons (Fsp3) is 0.865. The lowest BCUT2D eigenvalue weighted by atomic mass is 9.80. The Kier molecular flexibility index (Phi) is 35.6. The van der Waals surface area contributed by atoms with Crippen molar-refractivity contribution in [3.63, 3.8) is 0 Å². The molecule has 0 radical (unpaired) electrons. The second kappa shape index (κ2) is 38.2. The van der Waals surface area contributed by atoms with E-state index in [2.05, 4.69) is 70.9 Å². The summed E-state index contributed by atoms with van der Waals surface area (Å²) in [6, 6.07) is 0. The van der Waals surface area contributed by atoms with Gasteiger partial charge in [0.15, 0.2) is 6.29 Å². The number of likely N-dealkylation sites (tertiary alicyclic amines) is 1. The van der Waals surface area contributed by atoms with Crippen LogP contribution in [0.5, 0.6) is 0 Å². The van der Waals surface area contributed by atoms with E-state index in [9.17, 15) is 14.4 Å². The van der Waals surface area contributed by atoms with Crippen LogP contribution in [0.25, 0.3) is 0 Å². The molecule has 1 rings (SSSR count). The molecule has 1 fully saturated rings. The van der Waals surface area contributed by atoms with Gasteiger partial charge in [-0.1, -0.05) is 117 Å². The molecular formula is C52H95NO8. The van der Waals surface area contributed by atoms with Crippen molar-refractivity contribution in [1.82, 2.24) is 4.90 Å². The van der Waals surface area contributed by atoms with Gasteiger partial charge < -0.3 is 28.6 Å². The fourth-order valence-corrected chi connectivity index (χ4v) is 8.01. The molecular weight excluding hydrogens is 767 g/mol. The zero-order valence-corrected chi connectivity index (χ0v) is 40.7. The largest absolute Gasteiger partial charge is 0.465 e. The molecule has 9 heteroatoms. The molecule has 0 spiro atoms. The van der Waals surface area contributed by atoms with E-state index in [0.29, 0.717) is 37.9 Å². The van der Waals surface area contributed by atoms with Crippen LogP contribution in [-0.2, 0) is 38.1 Å². The maximum absolute atomic E-state index is 13.2. The molecule has 0 aromatic rings. The lowest BCUT2D eigenvalue weighted by Crippen LogP contribution is -2.42. The van der Waals surface area contributed by atoms with Crippen molar-refractivity contribution in [3.05, 3.63) is 24.3 Å². The Balaban J connectivity index is 2.59. The highest BCUT2D eigenvalue weighted by atomic mass is 16.7. The number of carbonyl (C=O) groups excluding carboxylic acids is 3. The Morgan fingerprint density at radius 1 is 0.525 bits per heavy atom. The summed E-state index contributed by atoms with van der Waals surface area (Å²) < 4.78 is 30.0. The third-order valence-electron chi connectivity index (χ3n) is 12.2. The number of hydrogen-bond donors (Lipinski definition) is 0. The number of esters is 3. The molecule has 0 aromatic carbocycles. The average molecular weight is 862 g/mol. The van der Waals surface area contributed by atoms with Gasteiger partial charge in [0.05, 0.1) is 24.5 Å². The molecule has 0 amide bonds. The summed E-state index contributed by atoms with van der Waals surface area (Å²) in [5, 5.41) is 0. The summed E-state index contributed by atoms with van der Waals surface area (Å²) in [4.78, 5) is 41.1. The third-order valence-corrected chi connectivity index (χ3v) is 12.2. The van der Waals surface area contributed by atoms with Crippen LogP contribution in [0.2, 0.25) is 0 Å². The van der Waals surface area contributed by atoms with Crippen molar-refractivity contribution in [2.24, 2.45) is 23.2 Å². The van der Waals surface area contributed by atoms with E-state index >= 15 is 0 Å². The molecule has 1 saturated heterocycles. The maximum Gasteiger partial charge on any atom is 0.311 e. The van der Waals surface area contributed by atoms with Gasteiger partial charge in [-0.25, -0.2) is 0 Å². The molecule has 1 aliphatic heterocycles. The van der Waals surface area contributed by atoms with Crippen LogP contribution in [0.4, 0.5) is 0 Å². The van der Waals surface area contributed by atoms with Gasteiger partial charge >= 0.3 is 17.9 Å². The Bertz CT molecular complexity index is 1100. The highest BCUT2D eigenvalue weighted by molar-refractivity contribution is 5.76. The van der Waals surface area contributed by atoms with E-state index < -0.39 is 11.3 Å². The van der Waals surface area contributed by atoms with Crippen molar-refractivity contribution in [1.29, 1.82) is 0 Å². The summed E-state index contributed by atoms with van der Waals surface area (Å²) in [5.74, 6) is -0.143. The van der Waals surface area contributed by atoms with E-state index in [1.165, 1.54) is 25.7 Å². The number of allylic oxidation sites excluding steroid dienone is 4. The molecule has 356 valence electrons. The van der Waals surface area contributed by atoms with Gasteiger partial charge in [-0.15, -0.1) is 0 Å². The monoisotopic (exact) mass is 862 g/mol. The van der Waals surface area contributed by atoms with E-state index in [0.717, 1.165) is 135 Å². The molecule has 1 heterocycles. The second-order valence-electron chi connectivity index (χ2n) is 18.4. The van der Waals surface area contributed by atoms with E-state index in [4.69, 9.17) is 23.7 Å². The maximum atomic E-state index is 13.2. The molecule has 9 nitrogen and oxygen atoms in total. The first-order chi connectivity index (χ1) is 29.6. The molecule has 1 atom stereocenters. The van der Waals surface area contributed by atoms with Crippen molar-refractivity contribution in [2.75, 3.05) is 53.2 Å². The van der Waals surface area contributed by atoms with Crippen LogP contribution < -0.4 is 0 Å². The standard InChI is InChI=1S/C52H95NO8/c1-8-13-14-15-16-17-18-19-20-21-22-23-24-25-26-33-48(54)57-42-47(44-61-51(56)52(6)36-38-53(7)39-37-52)43-58-49(55)34-27-28-35-50(59-40-45(29-9-2)30-10-3)60-41-46(31-11-4)32-12-5/h16-17,19-20,45-47,50H,8-15,18,21-44H2,1-7H3/b17-16-,20-19-. The first kappa shape index (κ1) is 56.8. The van der Waals surface area contributed by atoms with Gasteiger partial charge in [0.2, 0.25) is 0 Å². The minimum Gasteiger partial charge on any atom is -0.465 e. The highest BCUT2D eigenvalue weighted by Gasteiger charge is 2.38. The third kappa shape index (κ3) is 30.5. The van der Waals surface area contributed by atoms with Gasteiger partial charge in [0.25, 0.3) is 0 Å². The van der Waals surface area contributed by atoms with Crippen molar-refractivity contribution in [3.8, 4) is 0 Å². The number of rotatable bonds is 40. The van der Waals surface area contributed by atoms with Crippen LogP contribution in [0.1, 0.15) is 208 Å². The molecule has 0 bridgehead atoms. The Morgan fingerprint density at radius 2 is 0.984 bits per heavy atom. The van der Waals surface area contributed by atoms with Crippen molar-refractivity contribution < 1.29 is 38.1 Å². The topological polar surface area (TPSA) is 101 Å². The normalized spacial score (nSPS) is 15.1. The quantitative estimate of drug-likeness (QED) is 0.0196. The first-order valence-electron chi connectivity index (χ1n) is 25.3. The SMILES string of the molecule is CCCCC/C=C\C/C=C\CCCCCCCC(=O)OCC(COC(=O)CCCCC(OCC(CCC)CCC)OCC(CCC)CCC)COC(=O)C1(C)CCN(C)CC1. The zero-order chi connectivity index (χ0) is 44.8. The number of hydrogen-bond acceptors (Lipinski definition) is 9. The summed E-state index contributed by atoms with van der Waals surface area (Å²) in [5.41, 5.74) is -0.545. The minimum absolute atomic E-state index is 0.0316. The van der Waals surface area contributed by atoms with Crippen molar-refractivity contribution in [2.45, 2.75) is 215 Å². The lowest BCUT2D eigenvalue weighted by molar-refractivity contribution is -0.164. The smallest absolute Gasteiger partial charge is 0.311 e. The van der Waals surface area contributed by atoms with Crippen LogP contribution in [-0.4, -0.2) is 82.3 Å². The molecule has 0 aliphatic carbocycles. The molecule has 0 saturated carbocycles. The Labute approximate surface area is 375 Å². The van der Waals surface area contributed by atoms with Crippen LogP contribution in [0.15, 0.2) is 24.3 Å². The fourth-order valence-electron chi connectivity index (χ4n) is 8.01. The highest BCUT2D eigenvalue weighted by Crippen LogP contribution is 2.32. The van der Waals surface area contributed by atoms with Gasteiger partial charge in [-0.3, -0.25) is 14.4 Å². The number of nitrogens with zero attached hydrogens (tertiary/aromatic N) is 1. The predicted octanol–water partition coefficient (Wildman–Crippen LogP) is 13.1. The number of ether oxygens (including phenoxy) is 5. The number of unbranched alkanes of at least 4 members (excludes halogenated alkanes) is 9. The van der Waals surface area contributed by atoms with E-state index in [1.54, 1.807) is 0 Å². The van der Waals surface area contributed by atoms with Crippen molar-refractivity contribution >= 4 is 17.9 Å². The van der Waals surface area contributed by atoms with Gasteiger partial charge in [-0.2, -0.15) is 0 Å². The Hall–Kier alpha value is -2.23. The number of piperidine rings is 1. The van der Waals surface area contributed by atoms with Gasteiger partial charge in [0, 0.05) is 12.8 Å². The predicted molar refractivity (Wildman–Crippen MR) is 251 cm³/mol. The molecule has 1 aliphatic rings. The van der Waals surface area contributed by atoms with Crippen LogP contribution >= 0.6 is 0 Å². The van der Waals surface area contributed by atoms with E-state index in [1.807, 2.05) is 6.92 Å². The molecule has 0 aromatic heterocycles.